The molecule has 2 N–H and O–H groups in total. The lowest BCUT2D eigenvalue weighted by molar-refractivity contribution is -0.131. The Bertz CT molecular complexity index is 145. The summed E-state index contributed by atoms with van der Waals surface area (Å²) in [7, 11) is 1.60. The van der Waals surface area contributed by atoms with Crippen LogP contribution in [0, 0.1) is 0 Å². The van der Waals surface area contributed by atoms with E-state index >= 15 is 0 Å². The normalized spacial score (nSPS) is 13.3. The first-order valence-corrected chi connectivity index (χ1v) is 3.31. The van der Waals surface area contributed by atoms with E-state index in [-0.39, 0.29) is 6.04 Å². The predicted octanol–water partition coefficient (Wildman–Crippen LogP) is 0.209. The summed E-state index contributed by atoms with van der Waals surface area (Å²) < 4.78 is 4.82. The maximum Gasteiger partial charge on any atom is 0.329 e. The lowest BCUT2D eigenvalue weighted by Crippen LogP contribution is -2.25. The second-order valence-electron chi connectivity index (χ2n) is 2.19. The van der Waals surface area contributed by atoms with Gasteiger partial charge in [0.1, 0.15) is 0 Å². The van der Waals surface area contributed by atoms with Crippen LogP contribution in [0.25, 0.3) is 0 Å². The van der Waals surface area contributed by atoms with Crippen molar-refractivity contribution in [2.75, 3.05) is 13.7 Å². The van der Waals surface area contributed by atoms with E-state index in [0.29, 0.717) is 6.61 Å². The summed E-state index contributed by atoms with van der Waals surface area (Å²) in [5.41, 5.74) is 0. The van der Waals surface area contributed by atoms with Gasteiger partial charge in [-0.25, -0.2) is 4.79 Å². The molecule has 0 rings (SSSR count). The van der Waals surface area contributed by atoms with Crippen molar-refractivity contribution in [3.05, 3.63) is 12.3 Å². The molecule has 4 nitrogen and oxygen atoms in total. The van der Waals surface area contributed by atoms with Crippen molar-refractivity contribution in [2.24, 2.45) is 0 Å². The zero-order valence-electron chi connectivity index (χ0n) is 6.70. The lowest BCUT2D eigenvalue weighted by Gasteiger charge is -2.08. The average molecular weight is 159 g/mol. The van der Waals surface area contributed by atoms with Gasteiger partial charge < -0.3 is 15.2 Å². The molecule has 0 saturated carbocycles. The zero-order chi connectivity index (χ0) is 8.69. The molecule has 0 aromatic carbocycles. The van der Waals surface area contributed by atoms with Gasteiger partial charge in [-0.1, -0.05) is 0 Å². The highest BCUT2D eigenvalue weighted by molar-refractivity contribution is 5.79. The summed E-state index contributed by atoms with van der Waals surface area (Å²) in [5, 5.41) is 11.0. The molecule has 0 aromatic heterocycles. The Morgan fingerprint density at radius 3 is 2.91 bits per heavy atom. The minimum atomic E-state index is -0.956. The first kappa shape index (κ1) is 9.97. The highest BCUT2D eigenvalue weighted by atomic mass is 16.5. The van der Waals surface area contributed by atoms with Crippen molar-refractivity contribution in [1.82, 2.24) is 5.32 Å². The molecule has 0 aliphatic rings. The zero-order valence-corrected chi connectivity index (χ0v) is 6.70. The molecule has 64 valence electrons. The van der Waals surface area contributed by atoms with Crippen molar-refractivity contribution in [1.29, 1.82) is 0 Å². The summed E-state index contributed by atoms with van der Waals surface area (Å²) in [5.74, 6) is -0.956. The third kappa shape index (κ3) is 6.86. The number of methoxy groups -OCH3 is 1. The predicted molar refractivity (Wildman–Crippen MR) is 41.2 cm³/mol. The molecule has 0 bridgehead atoms. The van der Waals surface area contributed by atoms with E-state index in [9.17, 15) is 4.79 Å². The van der Waals surface area contributed by atoms with E-state index in [0.717, 1.165) is 6.08 Å². The molecule has 0 aliphatic carbocycles. The molecule has 0 fully saturated rings. The fourth-order valence-electron chi connectivity index (χ4n) is 0.582. The number of aliphatic carboxylic acids is 1. The summed E-state index contributed by atoms with van der Waals surface area (Å²) in [6.07, 6.45) is 2.44. The van der Waals surface area contributed by atoms with Gasteiger partial charge in [-0.3, -0.25) is 0 Å². The van der Waals surface area contributed by atoms with Crippen LogP contribution in [-0.2, 0) is 9.53 Å². The number of carboxylic acid groups (broad SMARTS) is 1. The highest BCUT2D eigenvalue weighted by Crippen LogP contribution is 1.81. The largest absolute Gasteiger partial charge is 0.478 e. The van der Waals surface area contributed by atoms with Crippen molar-refractivity contribution in [3.63, 3.8) is 0 Å². The smallest absolute Gasteiger partial charge is 0.329 e. The first-order chi connectivity index (χ1) is 5.16. The number of ether oxygens (including phenoxy) is 1. The Kier molecular flexibility index (Phi) is 5.20. The number of hydrogen-bond donors (Lipinski definition) is 2. The van der Waals surface area contributed by atoms with E-state index in [1.54, 1.807) is 7.11 Å². The van der Waals surface area contributed by atoms with E-state index in [2.05, 4.69) is 5.32 Å². The lowest BCUT2D eigenvalue weighted by atomic mass is 10.4. The second kappa shape index (κ2) is 5.73. The van der Waals surface area contributed by atoms with Gasteiger partial charge in [-0.15, -0.1) is 0 Å². The summed E-state index contributed by atoms with van der Waals surface area (Å²) in [4.78, 5) is 9.98. The summed E-state index contributed by atoms with van der Waals surface area (Å²) in [6, 6.07) is 0.135. The van der Waals surface area contributed by atoms with Gasteiger partial charge in [-0.2, -0.15) is 0 Å². The topological polar surface area (TPSA) is 58.6 Å². The highest BCUT2D eigenvalue weighted by Gasteiger charge is 1.94. The molecule has 1 atom stereocenters. The monoisotopic (exact) mass is 159 g/mol. The van der Waals surface area contributed by atoms with Crippen LogP contribution < -0.4 is 5.32 Å². The second-order valence-corrected chi connectivity index (χ2v) is 2.19. The molecular weight excluding hydrogens is 146 g/mol. The SMILES string of the molecule is COCC(C)N/C=C/C(=O)O. The third-order valence-electron chi connectivity index (χ3n) is 1.02. The maximum absolute atomic E-state index is 9.98. The molecule has 0 aliphatic heterocycles. The quantitative estimate of drug-likeness (QED) is 0.563. The van der Waals surface area contributed by atoms with E-state index in [1.165, 1.54) is 6.20 Å². The number of hydrogen-bond acceptors (Lipinski definition) is 3. The summed E-state index contributed by atoms with van der Waals surface area (Å²) >= 11 is 0. The van der Waals surface area contributed by atoms with Gasteiger partial charge in [0.05, 0.1) is 6.61 Å². The van der Waals surface area contributed by atoms with Crippen molar-refractivity contribution >= 4 is 5.97 Å². The minimum absolute atomic E-state index is 0.135. The van der Waals surface area contributed by atoms with Crippen LogP contribution in [0.5, 0.6) is 0 Å². The van der Waals surface area contributed by atoms with Gasteiger partial charge >= 0.3 is 5.97 Å². The van der Waals surface area contributed by atoms with E-state index in [4.69, 9.17) is 9.84 Å². The molecule has 11 heavy (non-hydrogen) atoms. The van der Waals surface area contributed by atoms with E-state index in [1.807, 2.05) is 6.92 Å². The Labute approximate surface area is 65.9 Å². The van der Waals surface area contributed by atoms with Crippen LogP contribution >= 0.6 is 0 Å². The molecule has 0 saturated heterocycles. The standard InChI is InChI=1S/C7H13NO3/c1-6(5-11-2)8-4-3-7(9)10/h3-4,6,8H,5H2,1-2H3,(H,9,10)/b4-3+. The number of nitrogens with one attached hydrogen (secondary N) is 1. The molecule has 0 amide bonds. The van der Waals surface area contributed by atoms with Crippen LogP contribution in [0.4, 0.5) is 0 Å². The van der Waals surface area contributed by atoms with Crippen molar-refractivity contribution in [2.45, 2.75) is 13.0 Å². The first-order valence-electron chi connectivity index (χ1n) is 3.31. The van der Waals surface area contributed by atoms with Crippen molar-refractivity contribution < 1.29 is 14.6 Å². The van der Waals surface area contributed by atoms with E-state index < -0.39 is 5.97 Å². The van der Waals surface area contributed by atoms with Crippen LogP contribution in [0.1, 0.15) is 6.92 Å². The molecule has 0 radical (unpaired) electrons. The molecular formula is C7H13NO3. The van der Waals surface area contributed by atoms with Gasteiger partial charge in [-0.05, 0) is 6.92 Å². The Balaban J connectivity index is 3.44. The maximum atomic E-state index is 9.98. The fourth-order valence-corrected chi connectivity index (χ4v) is 0.582. The molecule has 1 unspecified atom stereocenters. The van der Waals surface area contributed by atoms with Crippen LogP contribution in [-0.4, -0.2) is 30.8 Å². The van der Waals surface area contributed by atoms with Gasteiger partial charge in [0, 0.05) is 25.4 Å². The van der Waals surface area contributed by atoms with Crippen LogP contribution in [0.15, 0.2) is 12.3 Å². The number of rotatable bonds is 5. The van der Waals surface area contributed by atoms with Gasteiger partial charge in [0.25, 0.3) is 0 Å². The third-order valence-corrected chi connectivity index (χ3v) is 1.02. The van der Waals surface area contributed by atoms with Crippen LogP contribution in [0.2, 0.25) is 0 Å². The minimum Gasteiger partial charge on any atom is -0.478 e. The Hall–Kier alpha value is -1.03. The number of carboxylic acids is 1. The molecule has 4 heteroatoms. The number of carbonyl (C=O) groups is 1. The average Bonchev–Trinajstić information content (AvgIpc) is 1.87. The molecule has 0 aromatic rings. The fraction of sp³-hybridized carbons (Fsp3) is 0.571. The van der Waals surface area contributed by atoms with Gasteiger partial charge in [0.15, 0.2) is 0 Å². The van der Waals surface area contributed by atoms with Crippen LogP contribution in [0.3, 0.4) is 0 Å². The Morgan fingerprint density at radius 2 is 2.45 bits per heavy atom. The Morgan fingerprint density at radius 1 is 1.82 bits per heavy atom. The van der Waals surface area contributed by atoms with Crippen molar-refractivity contribution in [3.8, 4) is 0 Å². The molecule has 0 heterocycles. The summed E-state index contributed by atoms with van der Waals surface area (Å²) in [6.45, 7) is 2.46. The molecule has 0 spiro atoms. The van der Waals surface area contributed by atoms with Gasteiger partial charge in [0.2, 0.25) is 0 Å².